The Morgan fingerprint density at radius 2 is 1.84 bits per heavy atom. The Morgan fingerprint density at radius 1 is 1.26 bits per heavy atom. The third-order valence-electron chi connectivity index (χ3n) is 2.57. The predicted octanol–water partition coefficient (Wildman–Crippen LogP) is 1.49. The third kappa shape index (κ3) is 5.40. The van der Waals surface area contributed by atoms with Gasteiger partial charge in [-0.3, -0.25) is 9.59 Å². The van der Waals surface area contributed by atoms with Crippen molar-refractivity contribution in [1.82, 2.24) is 5.32 Å². The molecule has 104 valence electrons. The normalized spacial score (nSPS) is 12.1. The van der Waals surface area contributed by atoms with Crippen molar-refractivity contribution in [3.63, 3.8) is 0 Å². The van der Waals surface area contributed by atoms with Gasteiger partial charge in [0.2, 0.25) is 11.8 Å². The molecule has 19 heavy (non-hydrogen) atoms. The molecule has 0 fully saturated rings. The molecule has 5 nitrogen and oxygen atoms in total. The lowest BCUT2D eigenvalue weighted by molar-refractivity contribution is -0.125. The van der Waals surface area contributed by atoms with E-state index in [-0.39, 0.29) is 24.3 Å². The Bertz CT molecular complexity index is 446. The number of carbonyl (C=O) groups excluding carboxylic acids is 2. The van der Waals surface area contributed by atoms with Gasteiger partial charge in [-0.15, -0.1) is 0 Å². The quantitative estimate of drug-likeness (QED) is 0.766. The molecule has 0 bridgehead atoms. The van der Waals surface area contributed by atoms with Gasteiger partial charge >= 0.3 is 0 Å². The average molecular weight is 328 g/mol. The summed E-state index contributed by atoms with van der Waals surface area (Å²) in [7, 11) is 0. The standard InChI is InChI=1S/C13H18BrN3O2/c1-8(2)12(15)13(19)16-7-11(18)17-10-5-3-9(14)4-6-10/h3-6,8,12H,7,15H2,1-2H3,(H,16,19)(H,17,18)/t12-/m0/s1. The van der Waals surface area contributed by atoms with E-state index in [1.54, 1.807) is 12.1 Å². The monoisotopic (exact) mass is 327 g/mol. The summed E-state index contributed by atoms with van der Waals surface area (Å²) < 4.78 is 0.932. The highest BCUT2D eigenvalue weighted by molar-refractivity contribution is 9.10. The van der Waals surface area contributed by atoms with Crippen molar-refractivity contribution in [1.29, 1.82) is 0 Å². The smallest absolute Gasteiger partial charge is 0.243 e. The zero-order chi connectivity index (χ0) is 14.4. The Balaban J connectivity index is 2.40. The van der Waals surface area contributed by atoms with Crippen LogP contribution in [-0.4, -0.2) is 24.4 Å². The largest absolute Gasteiger partial charge is 0.346 e. The molecule has 1 aromatic rings. The van der Waals surface area contributed by atoms with Crippen LogP contribution in [0.3, 0.4) is 0 Å². The van der Waals surface area contributed by atoms with Crippen LogP contribution >= 0.6 is 15.9 Å². The van der Waals surface area contributed by atoms with Crippen molar-refractivity contribution in [3.05, 3.63) is 28.7 Å². The van der Waals surface area contributed by atoms with E-state index in [4.69, 9.17) is 5.73 Å². The summed E-state index contributed by atoms with van der Waals surface area (Å²) in [6, 6.07) is 6.58. The van der Waals surface area contributed by atoms with Gasteiger partial charge in [0.15, 0.2) is 0 Å². The lowest BCUT2D eigenvalue weighted by atomic mass is 10.1. The zero-order valence-corrected chi connectivity index (χ0v) is 12.5. The fourth-order valence-corrected chi connectivity index (χ4v) is 1.59. The second-order valence-corrected chi connectivity index (χ2v) is 5.46. The van der Waals surface area contributed by atoms with Crippen LogP contribution in [0.4, 0.5) is 5.69 Å². The number of amides is 2. The molecule has 0 aliphatic carbocycles. The van der Waals surface area contributed by atoms with Crippen LogP contribution in [0.25, 0.3) is 0 Å². The Kier molecular flexibility index (Phi) is 5.98. The van der Waals surface area contributed by atoms with Crippen molar-refractivity contribution in [2.24, 2.45) is 11.7 Å². The molecule has 0 aliphatic rings. The number of hydrogen-bond acceptors (Lipinski definition) is 3. The number of halogens is 1. The van der Waals surface area contributed by atoms with Gasteiger partial charge in [0.1, 0.15) is 0 Å². The van der Waals surface area contributed by atoms with Gasteiger partial charge in [-0.25, -0.2) is 0 Å². The molecule has 0 spiro atoms. The van der Waals surface area contributed by atoms with Gasteiger partial charge in [-0.1, -0.05) is 29.8 Å². The van der Waals surface area contributed by atoms with Crippen molar-refractivity contribution >= 4 is 33.4 Å². The van der Waals surface area contributed by atoms with E-state index in [2.05, 4.69) is 26.6 Å². The average Bonchev–Trinajstić information content (AvgIpc) is 2.37. The number of nitrogens with one attached hydrogen (secondary N) is 2. The summed E-state index contributed by atoms with van der Waals surface area (Å²) in [6.07, 6.45) is 0. The van der Waals surface area contributed by atoms with Crippen LogP contribution in [0, 0.1) is 5.92 Å². The SMILES string of the molecule is CC(C)[C@H](N)C(=O)NCC(=O)Nc1ccc(Br)cc1. The molecule has 0 heterocycles. The van der Waals surface area contributed by atoms with E-state index in [1.165, 1.54) is 0 Å². The van der Waals surface area contributed by atoms with E-state index >= 15 is 0 Å². The Labute approximate surface area is 121 Å². The number of hydrogen-bond donors (Lipinski definition) is 3. The second-order valence-electron chi connectivity index (χ2n) is 4.54. The molecule has 1 rings (SSSR count). The van der Waals surface area contributed by atoms with Gasteiger partial charge < -0.3 is 16.4 Å². The Morgan fingerprint density at radius 3 is 2.37 bits per heavy atom. The van der Waals surface area contributed by atoms with Crippen LogP contribution in [0.5, 0.6) is 0 Å². The van der Waals surface area contributed by atoms with Crippen LogP contribution in [0.1, 0.15) is 13.8 Å². The zero-order valence-electron chi connectivity index (χ0n) is 10.9. The van der Waals surface area contributed by atoms with E-state index < -0.39 is 6.04 Å². The fourth-order valence-electron chi connectivity index (χ4n) is 1.33. The maximum atomic E-state index is 11.6. The van der Waals surface area contributed by atoms with Crippen molar-refractivity contribution < 1.29 is 9.59 Å². The highest BCUT2D eigenvalue weighted by Crippen LogP contribution is 2.13. The molecule has 6 heteroatoms. The van der Waals surface area contributed by atoms with Gasteiger partial charge in [-0.05, 0) is 30.2 Å². The highest BCUT2D eigenvalue weighted by atomic mass is 79.9. The van der Waals surface area contributed by atoms with E-state index in [0.717, 1.165) is 4.47 Å². The first-order valence-electron chi connectivity index (χ1n) is 5.99. The molecule has 0 aliphatic heterocycles. The Hall–Kier alpha value is -1.40. The van der Waals surface area contributed by atoms with Gasteiger partial charge in [0.25, 0.3) is 0 Å². The summed E-state index contributed by atoms with van der Waals surface area (Å²) in [4.78, 5) is 23.2. The molecule has 0 aromatic heterocycles. The fraction of sp³-hybridized carbons (Fsp3) is 0.385. The minimum Gasteiger partial charge on any atom is -0.346 e. The van der Waals surface area contributed by atoms with Crippen molar-refractivity contribution in [2.45, 2.75) is 19.9 Å². The maximum absolute atomic E-state index is 11.6. The number of anilines is 1. The summed E-state index contributed by atoms with van der Waals surface area (Å²) in [5.41, 5.74) is 6.34. The molecule has 1 aromatic carbocycles. The van der Waals surface area contributed by atoms with Crippen LogP contribution in [-0.2, 0) is 9.59 Å². The molecule has 0 saturated heterocycles. The summed E-state index contributed by atoms with van der Waals surface area (Å²) in [6.45, 7) is 3.62. The molecule has 4 N–H and O–H groups in total. The molecular weight excluding hydrogens is 310 g/mol. The minimum atomic E-state index is -0.597. The molecule has 1 atom stereocenters. The number of rotatable bonds is 5. The topological polar surface area (TPSA) is 84.2 Å². The minimum absolute atomic E-state index is 0.0366. The van der Waals surface area contributed by atoms with Gasteiger partial charge in [0.05, 0.1) is 12.6 Å². The third-order valence-corrected chi connectivity index (χ3v) is 3.10. The van der Waals surface area contributed by atoms with Crippen LogP contribution in [0.15, 0.2) is 28.7 Å². The van der Waals surface area contributed by atoms with Crippen LogP contribution in [0.2, 0.25) is 0 Å². The first-order chi connectivity index (χ1) is 8.90. The van der Waals surface area contributed by atoms with Gasteiger partial charge in [0, 0.05) is 10.2 Å². The number of carbonyl (C=O) groups is 2. The summed E-state index contributed by atoms with van der Waals surface area (Å²) >= 11 is 3.31. The maximum Gasteiger partial charge on any atom is 0.243 e. The molecule has 0 saturated carbocycles. The first kappa shape index (κ1) is 15.7. The van der Waals surface area contributed by atoms with E-state index in [9.17, 15) is 9.59 Å². The first-order valence-corrected chi connectivity index (χ1v) is 6.78. The van der Waals surface area contributed by atoms with Crippen molar-refractivity contribution in [2.75, 3.05) is 11.9 Å². The van der Waals surface area contributed by atoms with E-state index in [1.807, 2.05) is 26.0 Å². The number of benzene rings is 1. The van der Waals surface area contributed by atoms with Crippen LogP contribution < -0.4 is 16.4 Å². The number of nitrogens with two attached hydrogens (primary N) is 1. The summed E-state index contributed by atoms with van der Waals surface area (Å²) in [5.74, 6) is -0.567. The predicted molar refractivity (Wildman–Crippen MR) is 78.6 cm³/mol. The van der Waals surface area contributed by atoms with Crippen molar-refractivity contribution in [3.8, 4) is 0 Å². The molecule has 0 unspecified atom stereocenters. The highest BCUT2D eigenvalue weighted by Gasteiger charge is 2.17. The molecule has 0 radical (unpaired) electrons. The summed E-state index contributed by atoms with van der Waals surface area (Å²) in [5, 5.41) is 5.19. The van der Waals surface area contributed by atoms with E-state index in [0.29, 0.717) is 5.69 Å². The lowest BCUT2D eigenvalue weighted by Crippen LogP contribution is -2.46. The lowest BCUT2D eigenvalue weighted by Gasteiger charge is -2.15. The molecular formula is C13H18BrN3O2. The molecule has 2 amide bonds. The second kappa shape index (κ2) is 7.25. The van der Waals surface area contributed by atoms with Gasteiger partial charge in [-0.2, -0.15) is 0 Å².